The van der Waals surface area contributed by atoms with Gasteiger partial charge < -0.3 is 10.8 Å². The van der Waals surface area contributed by atoms with Crippen LogP contribution in [0.2, 0.25) is 0 Å². The molecule has 1 rings (SSSR count). The van der Waals surface area contributed by atoms with Gasteiger partial charge in [0, 0.05) is 6.54 Å². The van der Waals surface area contributed by atoms with Crippen LogP contribution < -0.4 is 10.5 Å². The highest BCUT2D eigenvalue weighted by molar-refractivity contribution is 7.89. The molecule has 0 aromatic heterocycles. The first-order chi connectivity index (χ1) is 9.47. The van der Waals surface area contributed by atoms with Gasteiger partial charge in [0.1, 0.15) is 5.82 Å². The first-order valence-corrected chi connectivity index (χ1v) is 7.28. The Bertz CT molecular complexity index is 685. The lowest BCUT2D eigenvalue weighted by Crippen LogP contribution is -2.42. The van der Waals surface area contributed by atoms with E-state index in [0.29, 0.717) is 6.07 Å². The number of sulfonamides is 1. The Balaban J connectivity index is 3.07. The van der Waals surface area contributed by atoms with Crippen molar-refractivity contribution in [3.8, 4) is 0 Å². The highest BCUT2D eigenvalue weighted by atomic mass is 32.2. The Morgan fingerprint density at radius 3 is 2.43 bits per heavy atom. The third-order valence-corrected chi connectivity index (χ3v) is 4.25. The molecule has 0 saturated heterocycles. The van der Waals surface area contributed by atoms with E-state index in [1.54, 1.807) is 0 Å². The maximum Gasteiger partial charge on any atom is 0.338 e. The zero-order valence-corrected chi connectivity index (χ0v) is 12.2. The van der Waals surface area contributed by atoms with E-state index in [4.69, 9.17) is 10.8 Å². The normalized spacial score (nSPS) is 12.1. The summed E-state index contributed by atoms with van der Waals surface area (Å²) in [5.41, 5.74) is 3.24. The van der Waals surface area contributed by atoms with E-state index < -0.39 is 43.6 Å². The number of primary amides is 1. The molecule has 0 atom stereocenters. The lowest BCUT2D eigenvalue weighted by atomic mass is 9.93. The lowest BCUT2D eigenvalue weighted by Gasteiger charge is -2.20. The van der Waals surface area contributed by atoms with Gasteiger partial charge in [0.15, 0.2) is 0 Å². The number of carboxylic acids is 1. The van der Waals surface area contributed by atoms with Gasteiger partial charge in [-0.05, 0) is 32.0 Å². The molecule has 9 heteroatoms. The Morgan fingerprint density at radius 1 is 1.38 bits per heavy atom. The van der Waals surface area contributed by atoms with E-state index in [1.807, 2.05) is 0 Å². The molecule has 116 valence electrons. The molecule has 21 heavy (non-hydrogen) atoms. The largest absolute Gasteiger partial charge is 0.478 e. The number of aromatic carboxylic acids is 1. The smallest absolute Gasteiger partial charge is 0.338 e. The van der Waals surface area contributed by atoms with E-state index >= 15 is 0 Å². The van der Waals surface area contributed by atoms with E-state index in [2.05, 4.69) is 4.72 Å². The average Bonchev–Trinajstić information content (AvgIpc) is 2.36. The summed E-state index contributed by atoms with van der Waals surface area (Å²) in [7, 11) is -4.09. The Hall–Kier alpha value is -2.00. The molecule has 0 heterocycles. The summed E-state index contributed by atoms with van der Waals surface area (Å²) >= 11 is 0. The van der Waals surface area contributed by atoms with Crippen LogP contribution in [0.5, 0.6) is 0 Å². The summed E-state index contributed by atoms with van der Waals surface area (Å²) in [6.07, 6.45) is 0. The first-order valence-electron chi connectivity index (χ1n) is 5.80. The fraction of sp³-hybridized carbons (Fsp3) is 0.333. The minimum Gasteiger partial charge on any atom is -0.478 e. The van der Waals surface area contributed by atoms with Crippen LogP contribution in [0.4, 0.5) is 4.39 Å². The van der Waals surface area contributed by atoms with Gasteiger partial charge in [-0.1, -0.05) is 0 Å². The summed E-state index contributed by atoms with van der Waals surface area (Å²) < 4.78 is 39.4. The molecule has 0 radical (unpaired) electrons. The van der Waals surface area contributed by atoms with Crippen molar-refractivity contribution >= 4 is 21.9 Å². The monoisotopic (exact) mass is 318 g/mol. The zero-order chi connectivity index (χ0) is 16.4. The molecule has 0 bridgehead atoms. The highest BCUT2D eigenvalue weighted by Gasteiger charge is 2.28. The highest BCUT2D eigenvalue weighted by Crippen LogP contribution is 2.17. The molecule has 0 unspecified atom stereocenters. The average molecular weight is 318 g/mol. The molecule has 1 aromatic rings. The van der Waals surface area contributed by atoms with Crippen LogP contribution in [-0.2, 0) is 14.8 Å². The number of amides is 1. The minimum absolute atomic E-state index is 0.273. The third-order valence-electron chi connectivity index (χ3n) is 2.85. The number of carbonyl (C=O) groups is 2. The number of benzene rings is 1. The molecule has 0 fully saturated rings. The quantitative estimate of drug-likeness (QED) is 0.696. The number of nitrogens with two attached hydrogens (primary N) is 1. The molecule has 0 aliphatic carbocycles. The molecule has 1 aromatic carbocycles. The van der Waals surface area contributed by atoms with Crippen LogP contribution in [-0.4, -0.2) is 31.9 Å². The summed E-state index contributed by atoms with van der Waals surface area (Å²) in [5, 5.41) is 8.77. The molecule has 0 saturated carbocycles. The summed E-state index contributed by atoms with van der Waals surface area (Å²) in [5.74, 6) is -3.32. The van der Waals surface area contributed by atoms with Gasteiger partial charge in [-0.25, -0.2) is 22.3 Å². The number of rotatable bonds is 6. The van der Waals surface area contributed by atoms with Crippen molar-refractivity contribution < 1.29 is 27.5 Å². The molecule has 7 nitrogen and oxygen atoms in total. The predicted octanol–water partition coefficient (Wildman–Crippen LogP) is 0.314. The number of carbonyl (C=O) groups excluding carboxylic acids is 1. The Labute approximate surface area is 121 Å². The van der Waals surface area contributed by atoms with Crippen molar-refractivity contribution in [2.24, 2.45) is 11.1 Å². The maximum atomic E-state index is 13.2. The Kier molecular flexibility index (Phi) is 4.69. The molecule has 4 N–H and O–H groups in total. The van der Waals surface area contributed by atoms with Crippen molar-refractivity contribution in [3.05, 3.63) is 29.6 Å². The van der Waals surface area contributed by atoms with Crippen LogP contribution in [0.1, 0.15) is 24.2 Å². The second kappa shape index (κ2) is 5.78. The lowest BCUT2D eigenvalue weighted by molar-refractivity contribution is -0.125. The van der Waals surface area contributed by atoms with Crippen molar-refractivity contribution in [1.29, 1.82) is 0 Å². The molecule has 0 aliphatic rings. The molecular weight excluding hydrogens is 303 g/mol. The van der Waals surface area contributed by atoms with E-state index in [1.165, 1.54) is 13.8 Å². The van der Waals surface area contributed by atoms with Crippen LogP contribution in [0.15, 0.2) is 23.1 Å². The van der Waals surface area contributed by atoms with Crippen LogP contribution in [0.25, 0.3) is 0 Å². The number of halogens is 1. The van der Waals surface area contributed by atoms with Gasteiger partial charge in [0.2, 0.25) is 15.9 Å². The maximum absolute atomic E-state index is 13.2. The standard InChI is InChI=1S/C12H15FN2O5S/c1-12(2,11(14)18)6-15-21(19,20)7-3-4-9(13)8(5-7)10(16)17/h3-5,15H,6H2,1-2H3,(H2,14,18)(H,16,17). The second-order valence-corrected chi connectivity index (χ2v) is 6.79. The van der Waals surface area contributed by atoms with Crippen molar-refractivity contribution in [1.82, 2.24) is 4.72 Å². The molecule has 0 aliphatic heterocycles. The Morgan fingerprint density at radius 2 is 1.95 bits per heavy atom. The second-order valence-electron chi connectivity index (χ2n) is 5.02. The zero-order valence-electron chi connectivity index (χ0n) is 11.4. The van der Waals surface area contributed by atoms with Gasteiger partial charge in [-0.3, -0.25) is 4.79 Å². The number of hydrogen-bond acceptors (Lipinski definition) is 4. The van der Waals surface area contributed by atoms with Crippen molar-refractivity contribution in [2.75, 3.05) is 6.54 Å². The van der Waals surface area contributed by atoms with Crippen molar-refractivity contribution in [3.63, 3.8) is 0 Å². The summed E-state index contributed by atoms with van der Waals surface area (Å²) in [4.78, 5) is 21.5. The third kappa shape index (κ3) is 3.99. The SMILES string of the molecule is CC(C)(CNS(=O)(=O)c1ccc(F)c(C(=O)O)c1)C(N)=O. The van der Waals surface area contributed by atoms with E-state index in [9.17, 15) is 22.4 Å². The fourth-order valence-electron chi connectivity index (χ4n) is 1.28. The minimum atomic E-state index is -4.09. The predicted molar refractivity (Wildman–Crippen MR) is 71.5 cm³/mol. The summed E-state index contributed by atoms with van der Waals surface area (Å²) in [6.45, 7) is 2.63. The van der Waals surface area contributed by atoms with E-state index in [0.717, 1.165) is 12.1 Å². The van der Waals surface area contributed by atoms with Crippen LogP contribution >= 0.6 is 0 Å². The van der Waals surface area contributed by atoms with Crippen LogP contribution in [0.3, 0.4) is 0 Å². The number of hydrogen-bond donors (Lipinski definition) is 3. The van der Waals surface area contributed by atoms with Gasteiger partial charge in [0.25, 0.3) is 0 Å². The number of nitrogens with one attached hydrogen (secondary N) is 1. The van der Waals surface area contributed by atoms with Gasteiger partial charge in [0.05, 0.1) is 15.9 Å². The fourth-order valence-corrected chi connectivity index (χ4v) is 2.52. The summed E-state index contributed by atoms with van der Waals surface area (Å²) in [6, 6.07) is 2.38. The topological polar surface area (TPSA) is 127 Å². The van der Waals surface area contributed by atoms with Crippen molar-refractivity contribution in [2.45, 2.75) is 18.7 Å². The van der Waals surface area contributed by atoms with Gasteiger partial charge >= 0.3 is 5.97 Å². The van der Waals surface area contributed by atoms with Crippen LogP contribution in [0, 0.1) is 11.2 Å². The van der Waals surface area contributed by atoms with Gasteiger partial charge in [-0.15, -0.1) is 0 Å². The molecule has 1 amide bonds. The van der Waals surface area contributed by atoms with Gasteiger partial charge in [-0.2, -0.15) is 0 Å². The number of carboxylic acid groups (broad SMARTS) is 1. The van der Waals surface area contributed by atoms with E-state index in [-0.39, 0.29) is 6.54 Å². The molecule has 0 spiro atoms. The molecular formula is C12H15FN2O5S. The first kappa shape index (κ1) is 17.1.